The van der Waals surface area contributed by atoms with Gasteiger partial charge in [0.2, 0.25) is 5.91 Å². The Hall–Kier alpha value is -4.16. The number of amides is 1. The summed E-state index contributed by atoms with van der Waals surface area (Å²) in [7, 11) is 0. The van der Waals surface area contributed by atoms with Crippen LogP contribution in [0.1, 0.15) is 37.9 Å². The first kappa shape index (κ1) is 31.3. The molecule has 0 bridgehead atoms. The number of aryl methyl sites for hydroxylation is 1. The third kappa shape index (κ3) is 5.05. The van der Waals surface area contributed by atoms with Crippen LogP contribution in [0.2, 0.25) is 10.0 Å². The maximum absolute atomic E-state index is 16.0. The van der Waals surface area contributed by atoms with Crippen LogP contribution in [0.5, 0.6) is 0 Å². The molecule has 1 aromatic carbocycles. The van der Waals surface area contributed by atoms with Crippen molar-refractivity contribution in [2.75, 3.05) is 30.3 Å². The molecule has 1 aliphatic heterocycles. The van der Waals surface area contributed by atoms with Crippen LogP contribution >= 0.6 is 23.2 Å². The van der Waals surface area contributed by atoms with Crippen molar-refractivity contribution in [2.45, 2.75) is 39.7 Å². The Morgan fingerprint density at radius 3 is 2.50 bits per heavy atom. The summed E-state index contributed by atoms with van der Waals surface area (Å²) in [6.07, 6.45) is 2.83. The molecule has 230 valence electrons. The van der Waals surface area contributed by atoms with Crippen molar-refractivity contribution in [3.05, 3.63) is 80.2 Å². The van der Waals surface area contributed by atoms with Crippen LogP contribution in [-0.2, 0) is 4.79 Å². The van der Waals surface area contributed by atoms with Gasteiger partial charge in [-0.05, 0) is 43.5 Å². The number of nitrogens with zero attached hydrogens (tertiary/aromatic N) is 6. The summed E-state index contributed by atoms with van der Waals surface area (Å²) in [4.78, 5) is 42.9. The van der Waals surface area contributed by atoms with Crippen LogP contribution in [0.3, 0.4) is 0 Å². The molecule has 14 heteroatoms. The Balaban J connectivity index is 1.86. The van der Waals surface area contributed by atoms with Crippen molar-refractivity contribution in [1.82, 2.24) is 24.4 Å². The minimum Gasteiger partial charge on any atom is -0.397 e. The fraction of sp³-hybridized carbons (Fsp3) is 0.300. The second-order valence-electron chi connectivity index (χ2n) is 10.8. The van der Waals surface area contributed by atoms with Gasteiger partial charge in [-0.2, -0.15) is 4.98 Å². The molecule has 1 fully saturated rings. The molecule has 5 rings (SSSR count). The number of anilines is 2. The highest BCUT2D eigenvalue weighted by Gasteiger charge is 2.31. The van der Waals surface area contributed by atoms with Gasteiger partial charge in [0, 0.05) is 31.9 Å². The third-order valence-electron chi connectivity index (χ3n) is 7.65. The lowest BCUT2D eigenvalue weighted by molar-refractivity contribution is -0.128. The average molecular weight is 647 g/mol. The van der Waals surface area contributed by atoms with E-state index in [4.69, 9.17) is 28.9 Å². The second kappa shape index (κ2) is 11.7. The van der Waals surface area contributed by atoms with Crippen LogP contribution in [-0.4, -0.2) is 56.0 Å². The van der Waals surface area contributed by atoms with Gasteiger partial charge >= 0.3 is 5.69 Å². The molecule has 0 spiro atoms. The van der Waals surface area contributed by atoms with Crippen LogP contribution in [0, 0.1) is 24.4 Å². The summed E-state index contributed by atoms with van der Waals surface area (Å²) in [5.41, 5.74) is 4.79. The Bertz CT molecular complexity index is 1890. The molecule has 4 heterocycles. The number of carbonyl (C=O) groups is 1. The van der Waals surface area contributed by atoms with E-state index in [0.29, 0.717) is 23.5 Å². The second-order valence-corrected chi connectivity index (χ2v) is 11.6. The molecule has 0 saturated carbocycles. The summed E-state index contributed by atoms with van der Waals surface area (Å²) in [5.74, 6) is -3.98. The van der Waals surface area contributed by atoms with Gasteiger partial charge in [0.1, 0.15) is 21.6 Å². The zero-order chi connectivity index (χ0) is 32.2. The van der Waals surface area contributed by atoms with Crippen molar-refractivity contribution >= 4 is 51.6 Å². The van der Waals surface area contributed by atoms with Crippen molar-refractivity contribution in [3.63, 3.8) is 0 Å². The Labute approximate surface area is 260 Å². The van der Waals surface area contributed by atoms with Crippen LogP contribution in [0.4, 0.5) is 24.7 Å². The van der Waals surface area contributed by atoms with Gasteiger partial charge in [-0.1, -0.05) is 43.6 Å². The molecule has 9 nitrogen and oxygen atoms in total. The molecular weight excluding hydrogens is 618 g/mol. The maximum atomic E-state index is 16.0. The highest BCUT2D eigenvalue weighted by atomic mass is 35.5. The molecule has 1 amide bonds. The van der Waals surface area contributed by atoms with Crippen LogP contribution in [0.15, 0.2) is 35.8 Å². The quantitative estimate of drug-likeness (QED) is 0.126. The van der Waals surface area contributed by atoms with Gasteiger partial charge in [0.05, 0.1) is 28.0 Å². The van der Waals surface area contributed by atoms with Crippen molar-refractivity contribution < 1.29 is 18.0 Å². The first-order chi connectivity index (χ1) is 20.8. The highest BCUT2D eigenvalue weighted by molar-refractivity contribution is 6.37. The van der Waals surface area contributed by atoms with Crippen LogP contribution in [0.25, 0.3) is 28.0 Å². The number of piperazine rings is 1. The SMILES string of the molecule is C=CC(=O)N1CCN(c2nc(=O)n(-c3c(C)ccnc3C(C)C)c3nc(-c4c(N)c(Cl)c(F)c(Cl)c4F)c(F)cc23)C[C@H]1C. The van der Waals surface area contributed by atoms with E-state index < -0.39 is 50.1 Å². The van der Waals surface area contributed by atoms with E-state index in [1.54, 1.807) is 29.0 Å². The molecule has 0 unspecified atom stereocenters. The fourth-order valence-corrected chi connectivity index (χ4v) is 5.91. The lowest BCUT2D eigenvalue weighted by atomic mass is 10.0. The monoisotopic (exact) mass is 645 g/mol. The number of nitrogens with two attached hydrogens (primary N) is 1. The molecule has 2 N–H and O–H groups in total. The topological polar surface area (TPSA) is 110 Å². The molecule has 1 saturated heterocycles. The first-order valence-corrected chi connectivity index (χ1v) is 14.4. The van der Waals surface area contributed by atoms with E-state index in [-0.39, 0.29) is 47.8 Å². The third-order valence-corrected chi connectivity index (χ3v) is 8.35. The van der Waals surface area contributed by atoms with Crippen LogP contribution < -0.4 is 16.3 Å². The highest BCUT2D eigenvalue weighted by Crippen LogP contribution is 2.42. The number of carbonyl (C=O) groups excluding carboxylic acids is 1. The fourth-order valence-electron chi connectivity index (χ4n) is 5.48. The van der Waals surface area contributed by atoms with E-state index >= 15 is 8.78 Å². The van der Waals surface area contributed by atoms with Crippen molar-refractivity contribution in [2.24, 2.45) is 0 Å². The molecule has 0 radical (unpaired) electrons. The van der Waals surface area contributed by atoms with E-state index in [0.717, 1.165) is 6.07 Å². The number of halogens is 5. The number of benzene rings is 1. The predicted molar refractivity (Wildman–Crippen MR) is 165 cm³/mol. The maximum Gasteiger partial charge on any atom is 0.355 e. The summed E-state index contributed by atoms with van der Waals surface area (Å²) in [6, 6.07) is 2.47. The molecule has 1 atom stereocenters. The van der Waals surface area contributed by atoms with E-state index in [1.165, 1.54) is 10.6 Å². The van der Waals surface area contributed by atoms with Gasteiger partial charge < -0.3 is 15.5 Å². The molecular formula is C30H28Cl2F3N7O2. The number of hydrogen-bond donors (Lipinski definition) is 1. The lowest BCUT2D eigenvalue weighted by Gasteiger charge is -2.40. The number of nitrogen functional groups attached to an aromatic ring is 1. The smallest absolute Gasteiger partial charge is 0.355 e. The average Bonchev–Trinajstić information content (AvgIpc) is 2.99. The van der Waals surface area contributed by atoms with Gasteiger partial charge in [0.15, 0.2) is 23.1 Å². The van der Waals surface area contributed by atoms with E-state index in [2.05, 4.69) is 21.5 Å². The number of fused-ring (bicyclic) bond motifs is 1. The molecule has 44 heavy (non-hydrogen) atoms. The summed E-state index contributed by atoms with van der Waals surface area (Å²) < 4.78 is 47.0. The van der Waals surface area contributed by atoms with Gasteiger partial charge in [-0.15, -0.1) is 0 Å². The normalized spacial score (nSPS) is 15.4. The van der Waals surface area contributed by atoms with Gasteiger partial charge in [-0.3, -0.25) is 9.78 Å². The Kier molecular flexibility index (Phi) is 8.34. The molecule has 1 aliphatic rings. The molecule has 3 aromatic heterocycles. The minimum absolute atomic E-state index is 0.0815. The summed E-state index contributed by atoms with van der Waals surface area (Å²) >= 11 is 11.8. The van der Waals surface area contributed by atoms with Crippen molar-refractivity contribution in [3.8, 4) is 16.9 Å². The summed E-state index contributed by atoms with van der Waals surface area (Å²) in [5, 5.41) is -1.57. The lowest BCUT2D eigenvalue weighted by Crippen LogP contribution is -2.54. The zero-order valence-electron chi connectivity index (χ0n) is 24.3. The zero-order valence-corrected chi connectivity index (χ0v) is 25.8. The number of aromatic nitrogens is 4. The standard InChI is InChI=1S/C30H28Cl2F3N7O2/c1-6-18(43)41-10-9-40(12-15(41)5)28-16-11-17(33)26(19-22(34)20(31)23(35)21(32)24(19)36)38-29(16)42(30(44)39-28)27-14(4)7-8-37-25(27)13(2)3/h6-8,11,13,15H,1,9-10,12,36H2,2-5H3/t15-/m1/s1. The largest absolute Gasteiger partial charge is 0.397 e. The van der Waals surface area contributed by atoms with Gasteiger partial charge in [0.25, 0.3) is 0 Å². The van der Waals surface area contributed by atoms with E-state index in [9.17, 15) is 14.0 Å². The summed E-state index contributed by atoms with van der Waals surface area (Å²) in [6.45, 7) is 11.8. The van der Waals surface area contributed by atoms with Gasteiger partial charge in [-0.25, -0.2) is 27.5 Å². The predicted octanol–water partition coefficient (Wildman–Crippen LogP) is 5.80. The van der Waals surface area contributed by atoms with E-state index in [1.807, 2.05) is 20.8 Å². The number of rotatable bonds is 5. The minimum atomic E-state index is -1.36. The number of pyridine rings is 2. The molecule has 0 aliphatic carbocycles. The Morgan fingerprint density at radius 2 is 1.86 bits per heavy atom. The first-order valence-electron chi connectivity index (χ1n) is 13.7. The molecule has 4 aromatic rings. The van der Waals surface area contributed by atoms with Crippen molar-refractivity contribution in [1.29, 1.82) is 0 Å². The Morgan fingerprint density at radius 1 is 1.16 bits per heavy atom. The number of hydrogen-bond acceptors (Lipinski definition) is 7.